The molecule has 1 amide bonds. The van der Waals surface area contributed by atoms with E-state index in [9.17, 15) is 26.4 Å². The molecule has 148 valence electrons. The van der Waals surface area contributed by atoms with Gasteiger partial charge in [0.15, 0.2) is 14.6 Å². The summed E-state index contributed by atoms with van der Waals surface area (Å²) in [6, 6.07) is 2.09. The number of hydrogen-bond donors (Lipinski definition) is 2. The van der Waals surface area contributed by atoms with E-state index in [2.05, 4.69) is 10.1 Å². The maximum absolute atomic E-state index is 12.6. The van der Waals surface area contributed by atoms with Crippen molar-refractivity contribution in [2.75, 3.05) is 6.26 Å². The van der Waals surface area contributed by atoms with Crippen LogP contribution in [0.4, 0.5) is 13.2 Å². The molecule has 0 bridgehead atoms. The minimum Gasteiger partial charge on any atom is -0.289 e. The van der Waals surface area contributed by atoms with Crippen molar-refractivity contribution in [3.8, 4) is 11.1 Å². The number of aromatic nitrogens is 3. The summed E-state index contributed by atoms with van der Waals surface area (Å²) in [5.74, 6) is -1.07. The molecule has 0 radical (unpaired) electrons. The molecule has 27 heavy (non-hydrogen) atoms. The SMILES string of the molecule is CC(CCn1cc(-c2ccc(C(F)(F)F)nc2)cn1)(C(=O)NO)S(C)(=O)=O. The number of halogens is 3. The average Bonchev–Trinajstić information content (AvgIpc) is 3.06. The Labute approximate surface area is 152 Å². The summed E-state index contributed by atoms with van der Waals surface area (Å²) in [7, 11) is -3.84. The van der Waals surface area contributed by atoms with Crippen molar-refractivity contribution >= 4 is 15.7 Å². The lowest BCUT2D eigenvalue weighted by atomic mass is 10.1. The third-order valence-electron chi connectivity index (χ3n) is 4.24. The van der Waals surface area contributed by atoms with Gasteiger partial charge in [0.1, 0.15) is 5.69 Å². The molecule has 2 aromatic heterocycles. The number of hydroxylamine groups is 1. The molecule has 0 aliphatic carbocycles. The molecule has 8 nitrogen and oxygen atoms in total. The predicted molar refractivity (Wildman–Crippen MR) is 88.3 cm³/mol. The lowest BCUT2D eigenvalue weighted by Gasteiger charge is -2.24. The number of rotatable bonds is 6. The van der Waals surface area contributed by atoms with Crippen molar-refractivity contribution < 1.29 is 31.6 Å². The number of nitrogens with zero attached hydrogens (tertiary/aromatic N) is 3. The highest BCUT2D eigenvalue weighted by molar-refractivity contribution is 7.92. The number of sulfone groups is 1. The summed E-state index contributed by atoms with van der Waals surface area (Å²) < 4.78 is 61.0. The van der Waals surface area contributed by atoms with E-state index in [1.165, 1.54) is 35.5 Å². The van der Waals surface area contributed by atoms with Crippen LogP contribution >= 0.6 is 0 Å². The Morgan fingerprint density at radius 1 is 1.26 bits per heavy atom. The number of aryl methyl sites for hydroxylation is 1. The topological polar surface area (TPSA) is 114 Å². The number of carbonyl (C=O) groups excluding carboxylic acids is 1. The Hall–Kier alpha value is -2.47. The summed E-state index contributed by atoms with van der Waals surface area (Å²) in [6.07, 6.45) is 0.101. The molecule has 0 fully saturated rings. The third-order valence-corrected chi connectivity index (χ3v) is 6.26. The van der Waals surface area contributed by atoms with E-state index >= 15 is 0 Å². The minimum absolute atomic E-state index is 0.0189. The van der Waals surface area contributed by atoms with Crippen LogP contribution in [0.2, 0.25) is 0 Å². The summed E-state index contributed by atoms with van der Waals surface area (Å²) in [5, 5.41) is 12.8. The van der Waals surface area contributed by atoms with Crippen LogP contribution in [-0.2, 0) is 27.4 Å². The van der Waals surface area contributed by atoms with Crippen LogP contribution in [-0.4, -0.2) is 45.3 Å². The average molecular weight is 406 g/mol. The monoisotopic (exact) mass is 406 g/mol. The number of nitrogens with one attached hydrogen (secondary N) is 1. The fourth-order valence-electron chi connectivity index (χ4n) is 2.28. The van der Waals surface area contributed by atoms with Crippen molar-refractivity contribution in [3.63, 3.8) is 0 Å². The highest BCUT2D eigenvalue weighted by Crippen LogP contribution is 2.29. The van der Waals surface area contributed by atoms with E-state index in [1.54, 1.807) is 0 Å². The first-order valence-corrected chi connectivity index (χ1v) is 9.48. The zero-order valence-corrected chi connectivity index (χ0v) is 15.2. The minimum atomic E-state index is -4.54. The molecule has 1 atom stereocenters. The Bertz CT molecular complexity index is 925. The zero-order chi connectivity index (χ0) is 20.5. The Balaban J connectivity index is 2.17. The van der Waals surface area contributed by atoms with E-state index in [0.29, 0.717) is 11.1 Å². The van der Waals surface area contributed by atoms with E-state index < -0.39 is 32.4 Å². The summed E-state index contributed by atoms with van der Waals surface area (Å²) in [6.45, 7) is 1.20. The van der Waals surface area contributed by atoms with Gasteiger partial charge in [-0.15, -0.1) is 0 Å². The molecule has 2 heterocycles. The second-order valence-corrected chi connectivity index (χ2v) is 8.56. The van der Waals surface area contributed by atoms with Crippen molar-refractivity contribution in [1.82, 2.24) is 20.2 Å². The number of carbonyl (C=O) groups is 1. The molecule has 0 aromatic carbocycles. The Morgan fingerprint density at radius 3 is 2.41 bits per heavy atom. The second kappa shape index (κ2) is 7.27. The summed E-state index contributed by atoms with van der Waals surface area (Å²) >= 11 is 0. The van der Waals surface area contributed by atoms with Gasteiger partial charge in [0.2, 0.25) is 0 Å². The van der Waals surface area contributed by atoms with Crippen LogP contribution < -0.4 is 5.48 Å². The smallest absolute Gasteiger partial charge is 0.289 e. The van der Waals surface area contributed by atoms with Crippen LogP contribution in [0.5, 0.6) is 0 Å². The van der Waals surface area contributed by atoms with E-state index in [4.69, 9.17) is 5.21 Å². The molecule has 0 saturated carbocycles. The van der Waals surface area contributed by atoms with Crippen molar-refractivity contribution in [1.29, 1.82) is 0 Å². The van der Waals surface area contributed by atoms with Crippen LogP contribution in [0.25, 0.3) is 11.1 Å². The van der Waals surface area contributed by atoms with Gasteiger partial charge in [0.25, 0.3) is 5.91 Å². The van der Waals surface area contributed by atoms with Crippen molar-refractivity contribution in [2.24, 2.45) is 0 Å². The number of alkyl halides is 3. The lowest BCUT2D eigenvalue weighted by Crippen LogP contribution is -2.49. The van der Waals surface area contributed by atoms with E-state index in [1.807, 2.05) is 0 Å². The van der Waals surface area contributed by atoms with Gasteiger partial charge >= 0.3 is 6.18 Å². The first kappa shape index (κ1) is 20.8. The Morgan fingerprint density at radius 2 is 1.93 bits per heavy atom. The maximum atomic E-state index is 12.6. The summed E-state index contributed by atoms with van der Waals surface area (Å²) in [4.78, 5) is 15.1. The highest BCUT2D eigenvalue weighted by atomic mass is 32.2. The quantitative estimate of drug-likeness (QED) is 0.557. The van der Waals surface area contributed by atoms with Gasteiger partial charge in [-0.05, 0) is 19.4 Å². The van der Waals surface area contributed by atoms with Crippen molar-refractivity contribution in [3.05, 3.63) is 36.4 Å². The third kappa shape index (κ3) is 4.45. The van der Waals surface area contributed by atoms with E-state index in [0.717, 1.165) is 18.5 Å². The first-order chi connectivity index (χ1) is 12.4. The maximum Gasteiger partial charge on any atom is 0.433 e. The fraction of sp³-hybridized carbons (Fsp3) is 0.400. The second-order valence-electron chi connectivity index (χ2n) is 6.12. The van der Waals surface area contributed by atoms with Crippen LogP contribution in [0.1, 0.15) is 19.0 Å². The standard InChI is InChI=1S/C15H17F3N4O4S/c1-14(13(23)21-24,27(2,25)26)5-6-22-9-11(8-20-22)10-3-4-12(19-7-10)15(16,17)18/h3-4,7-9,24H,5-6H2,1-2H3,(H,21,23). The Kier molecular flexibility index (Phi) is 5.61. The van der Waals surface area contributed by atoms with Crippen molar-refractivity contribution in [2.45, 2.75) is 30.8 Å². The first-order valence-electron chi connectivity index (χ1n) is 7.59. The van der Waals surface area contributed by atoms with Gasteiger partial charge in [0, 0.05) is 36.3 Å². The van der Waals surface area contributed by atoms with Gasteiger partial charge in [-0.3, -0.25) is 19.7 Å². The van der Waals surface area contributed by atoms with E-state index in [-0.39, 0.29) is 13.0 Å². The number of amides is 1. The molecule has 0 aliphatic rings. The molecule has 12 heteroatoms. The van der Waals surface area contributed by atoms with Crippen LogP contribution in [0, 0.1) is 0 Å². The lowest BCUT2D eigenvalue weighted by molar-refractivity contribution is -0.141. The molecule has 0 aliphatic heterocycles. The summed E-state index contributed by atoms with van der Waals surface area (Å²) in [5.41, 5.74) is 1.21. The van der Waals surface area contributed by atoms with Crippen LogP contribution in [0.3, 0.4) is 0 Å². The molecule has 2 rings (SSSR count). The molecular formula is C15H17F3N4O4S. The fourth-order valence-corrected chi connectivity index (χ4v) is 3.13. The van der Waals surface area contributed by atoms with Gasteiger partial charge < -0.3 is 0 Å². The molecule has 2 aromatic rings. The molecule has 1 unspecified atom stereocenters. The van der Waals surface area contributed by atoms with Crippen LogP contribution in [0.15, 0.2) is 30.7 Å². The zero-order valence-electron chi connectivity index (χ0n) is 14.4. The largest absolute Gasteiger partial charge is 0.433 e. The van der Waals surface area contributed by atoms with Gasteiger partial charge in [-0.25, -0.2) is 13.9 Å². The predicted octanol–water partition coefficient (Wildman–Crippen LogP) is 1.66. The van der Waals surface area contributed by atoms with Gasteiger partial charge in [-0.2, -0.15) is 18.3 Å². The molecule has 0 spiro atoms. The molecule has 2 N–H and O–H groups in total. The number of pyridine rings is 1. The highest BCUT2D eigenvalue weighted by Gasteiger charge is 2.43. The molecular weight excluding hydrogens is 389 g/mol. The normalized spacial score (nSPS) is 14.6. The van der Waals surface area contributed by atoms with Gasteiger partial charge in [-0.1, -0.05) is 6.07 Å². The van der Waals surface area contributed by atoms with Gasteiger partial charge in [0.05, 0.1) is 6.20 Å². The molecule has 0 saturated heterocycles. The number of hydrogen-bond acceptors (Lipinski definition) is 6.